The maximum absolute atomic E-state index is 5.85. The van der Waals surface area contributed by atoms with Gasteiger partial charge in [-0.15, -0.1) is 0 Å². The van der Waals surface area contributed by atoms with Gasteiger partial charge in [0.2, 0.25) is 0 Å². The molecule has 1 N–H and O–H groups in total. The van der Waals surface area contributed by atoms with Crippen molar-refractivity contribution >= 4 is 5.69 Å². The Labute approximate surface area is 122 Å². The maximum Gasteiger partial charge on any atom is 0.0701 e. The number of nitrogens with one attached hydrogen (secondary N) is 1. The second-order valence-electron chi connectivity index (χ2n) is 6.21. The van der Waals surface area contributed by atoms with Crippen LogP contribution in [0, 0.1) is 0 Å². The van der Waals surface area contributed by atoms with E-state index in [-0.39, 0.29) is 0 Å². The molecule has 3 rings (SSSR count). The molecule has 20 heavy (non-hydrogen) atoms. The highest BCUT2D eigenvalue weighted by atomic mass is 16.5. The molecule has 2 heterocycles. The zero-order valence-electron chi connectivity index (χ0n) is 12.5. The van der Waals surface area contributed by atoms with Crippen LogP contribution in [0.2, 0.25) is 0 Å². The largest absolute Gasteiger partial charge is 0.385 e. The molecule has 3 nitrogen and oxygen atoms in total. The fraction of sp³-hybridized carbons (Fsp3) is 0.647. The second-order valence-corrected chi connectivity index (χ2v) is 6.21. The van der Waals surface area contributed by atoms with Crippen LogP contribution in [0.1, 0.15) is 37.2 Å². The molecule has 0 spiro atoms. The number of hydrogen-bond acceptors (Lipinski definition) is 3. The van der Waals surface area contributed by atoms with Crippen molar-refractivity contribution in [2.45, 2.75) is 37.7 Å². The molecule has 2 aliphatic heterocycles. The molecule has 2 aliphatic rings. The minimum Gasteiger partial charge on any atom is -0.385 e. The van der Waals surface area contributed by atoms with Crippen LogP contribution in [0.4, 0.5) is 5.69 Å². The van der Waals surface area contributed by atoms with Crippen LogP contribution in [-0.2, 0) is 4.74 Å². The SMILES string of the molecule is CN(CC1CCCCO1)CC1CCNc2ccccc21. The van der Waals surface area contributed by atoms with Crippen molar-refractivity contribution in [1.82, 2.24) is 4.90 Å². The molecular weight excluding hydrogens is 248 g/mol. The van der Waals surface area contributed by atoms with Gasteiger partial charge in [0, 0.05) is 37.8 Å². The van der Waals surface area contributed by atoms with Crippen molar-refractivity contribution in [1.29, 1.82) is 0 Å². The summed E-state index contributed by atoms with van der Waals surface area (Å²) in [5.41, 5.74) is 2.81. The highest BCUT2D eigenvalue weighted by Gasteiger charge is 2.22. The van der Waals surface area contributed by atoms with Gasteiger partial charge in [-0.05, 0) is 44.4 Å². The van der Waals surface area contributed by atoms with E-state index in [1.165, 1.54) is 36.9 Å². The van der Waals surface area contributed by atoms with Gasteiger partial charge in [-0.25, -0.2) is 0 Å². The summed E-state index contributed by atoms with van der Waals surface area (Å²) in [4.78, 5) is 2.46. The van der Waals surface area contributed by atoms with E-state index in [1.807, 2.05) is 0 Å². The van der Waals surface area contributed by atoms with Crippen LogP contribution in [0.3, 0.4) is 0 Å². The lowest BCUT2D eigenvalue weighted by Gasteiger charge is -2.32. The van der Waals surface area contributed by atoms with Crippen molar-refractivity contribution in [2.75, 3.05) is 38.6 Å². The minimum absolute atomic E-state index is 0.450. The van der Waals surface area contributed by atoms with Gasteiger partial charge < -0.3 is 15.0 Å². The Balaban J connectivity index is 1.57. The molecule has 0 amide bonds. The number of para-hydroxylation sites is 1. The molecule has 0 radical (unpaired) electrons. The molecule has 1 fully saturated rings. The fourth-order valence-electron chi connectivity index (χ4n) is 3.49. The molecule has 0 saturated carbocycles. The molecule has 1 aromatic carbocycles. The summed E-state index contributed by atoms with van der Waals surface area (Å²) in [6.07, 6.45) is 5.47. The Kier molecular flexibility index (Phi) is 4.58. The molecule has 0 aliphatic carbocycles. The lowest BCUT2D eigenvalue weighted by atomic mass is 9.90. The maximum atomic E-state index is 5.85. The molecule has 0 aromatic heterocycles. The first kappa shape index (κ1) is 13.9. The molecular formula is C17H26N2O. The summed E-state index contributed by atoms with van der Waals surface area (Å²) >= 11 is 0. The number of likely N-dealkylation sites (N-methyl/N-ethyl adjacent to an activating group) is 1. The predicted molar refractivity (Wildman–Crippen MR) is 83.4 cm³/mol. The third-order valence-corrected chi connectivity index (χ3v) is 4.53. The van der Waals surface area contributed by atoms with Crippen LogP contribution in [0.15, 0.2) is 24.3 Å². The zero-order valence-corrected chi connectivity index (χ0v) is 12.5. The number of nitrogens with zero attached hydrogens (tertiary/aromatic N) is 1. The van der Waals surface area contributed by atoms with E-state index in [9.17, 15) is 0 Å². The predicted octanol–water partition coefficient (Wildman–Crippen LogP) is 3.09. The van der Waals surface area contributed by atoms with Crippen LogP contribution in [0.25, 0.3) is 0 Å². The first-order valence-electron chi connectivity index (χ1n) is 7.96. The van der Waals surface area contributed by atoms with Gasteiger partial charge in [-0.2, -0.15) is 0 Å². The van der Waals surface area contributed by atoms with Crippen LogP contribution >= 0.6 is 0 Å². The molecule has 0 bridgehead atoms. The summed E-state index contributed by atoms with van der Waals surface area (Å²) < 4.78 is 5.85. The lowest BCUT2D eigenvalue weighted by Crippen LogP contribution is -2.36. The Morgan fingerprint density at radius 2 is 2.10 bits per heavy atom. The van der Waals surface area contributed by atoms with Crippen LogP contribution in [0.5, 0.6) is 0 Å². The minimum atomic E-state index is 0.450. The summed E-state index contributed by atoms with van der Waals surface area (Å²) in [5.74, 6) is 0.654. The number of rotatable bonds is 4. The average Bonchev–Trinajstić information content (AvgIpc) is 2.48. The van der Waals surface area contributed by atoms with Gasteiger partial charge in [-0.3, -0.25) is 0 Å². The van der Waals surface area contributed by atoms with E-state index in [0.29, 0.717) is 12.0 Å². The van der Waals surface area contributed by atoms with E-state index >= 15 is 0 Å². The molecule has 1 saturated heterocycles. The number of anilines is 1. The third-order valence-electron chi connectivity index (χ3n) is 4.53. The van der Waals surface area contributed by atoms with E-state index in [4.69, 9.17) is 4.74 Å². The van der Waals surface area contributed by atoms with Crippen molar-refractivity contribution in [3.05, 3.63) is 29.8 Å². The smallest absolute Gasteiger partial charge is 0.0701 e. The molecule has 3 heteroatoms. The Bertz CT molecular complexity index is 429. The van der Waals surface area contributed by atoms with Gasteiger partial charge in [0.25, 0.3) is 0 Å². The van der Waals surface area contributed by atoms with Gasteiger partial charge in [-0.1, -0.05) is 18.2 Å². The normalized spacial score (nSPS) is 26.1. The third kappa shape index (κ3) is 3.33. The first-order chi connectivity index (χ1) is 9.83. The number of ether oxygens (including phenoxy) is 1. The second kappa shape index (κ2) is 6.59. The highest BCUT2D eigenvalue weighted by Crippen LogP contribution is 2.31. The average molecular weight is 274 g/mol. The standard InChI is InChI=1S/C17H26N2O/c1-19(13-15-6-4-5-11-20-15)12-14-9-10-18-17-8-3-2-7-16(14)17/h2-3,7-8,14-15,18H,4-6,9-13H2,1H3. The molecule has 2 unspecified atom stereocenters. The van der Waals surface area contributed by atoms with Gasteiger partial charge in [0.05, 0.1) is 6.10 Å². The van der Waals surface area contributed by atoms with Gasteiger partial charge in [0.1, 0.15) is 0 Å². The zero-order chi connectivity index (χ0) is 13.8. The number of fused-ring (bicyclic) bond motifs is 1. The van der Waals surface area contributed by atoms with E-state index in [1.54, 1.807) is 0 Å². The Morgan fingerprint density at radius 1 is 1.20 bits per heavy atom. The summed E-state index contributed by atoms with van der Waals surface area (Å²) in [6, 6.07) is 8.75. The van der Waals surface area contributed by atoms with E-state index < -0.39 is 0 Å². The van der Waals surface area contributed by atoms with Gasteiger partial charge in [0.15, 0.2) is 0 Å². The summed E-state index contributed by atoms with van der Waals surface area (Å²) in [6.45, 7) is 4.26. The van der Waals surface area contributed by atoms with Crippen molar-refractivity contribution in [3.63, 3.8) is 0 Å². The van der Waals surface area contributed by atoms with E-state index in [0.717, 1.165) is 26.2 Å². The fourth-order valence-corrected chi connectivity index (χ4v) is 3.49. The lowest BCUT2D eigenvalue weighted by molar-refractivity contribution is -0.00230. The first-order valence-corrected chi connectivity index (χ1v) is 7.96. The van der Waals surface area contributed by atoms with Crippen molar-refractivity contribution in [3.8, 4) is 0 Å². The number of hydrogen-bond donors (Lipinski definition) is 1. The summed E-state index contributed by atoms with van der Waals surface area (Å²) in [5, 5.41) is 3.50. The Hall–Kier alpha value is -1.06. The highest BCUT2D eigenvalue weighted by molar-refractivity contribution is 5.54. The summed E-state index contributed by atoms with van der Waals surface area (Å²) in [7, 11) is 2.24. The van der Waals surface area contributed by atoms with Crippen LogP contribution < -0.4 is 5.32 Å². The molecule has 110 valence electrons. The topological polar surface area (TPSA) is 24.5 Å². The molecule has 2 atom stereocenters. The van der Waals surface area contributed by atoms with Crippen molar-refractivity contribution < 1.29 is 4.74 Å². The monoisotopic (exact) mass is 274 g/mol. The van der Waals surface area contributed by atoms with E-state index in [2.05, 4.69) is 41.5 Å². The molecule has 1 aromatic rings. The van der Waals surface area contributed by atoms with Gasteiger partial charge >= 0.3 is 0 Å². The quantitative estimate of drug-likeness (QED) is 0.913. The van der Waals surface area contributed by atoms with Crippen LogP contribution in [-0.4, -0.2) is 44.3 Å². The Morgan fingerprint density at radius 3 is 2.95 bits per heavy atom. The van der Waals surface area contributed by atoms with Crippen molar-refractivity contribution in [2.24, 2.45) is 0 Å². The number of benzene rings is 1.